The molecule has 0 radical (unpaired) electrons. The van der Waals surface area contributed by atoms with Crippen molar-refractivity contribution in [3.63, 3.8) is 0 Å². The van der Waals surface area contributed by atoms with E-state index < -0.39 is 10.9 Å². The zero-order valence-corrected chi connectivity index (χ0v) is 12.2. The second kappa shape index (κ2) is 7.02. The second-order valence-corrected chi connectivity index (χ2v) is 5.39. The number of hydrogen-bond donors (Lipinski definition) is 1. The smallest absolute Gasteiger partial charge is 0.335 e. The maximum absolute atomic E-state index is 12.5. The molecule has 1 fully saturated rings. The van der Waals surface area contributed by atoms with Crippen molar-refractivity contribution in [3.05, 3.63) is 39.4 Å². The molecule has 2 rings (SSSR count). The van der Waals surface area contributed by atoms with Crippen LogP contribution in [0.4, 0.5) is 5.69 Å². The van der Waals surface area contributed by atoms with Gasteiger partial charge in [-0.25, -0.2) is 4.79 Å². The zero-order valence-electron chi connectivity index (χ0n) is 12.2. The number of rotatable bonds is 3. The van der Waals surface area contributed by atoms with Crippen molar-refractivity contribution >= 4 is 17.6 Å². The number of carboxylic acids is 1. The minimum atomic E-state index is -1.29. The van der Waals surface area contributed by atoms with Crippen LogP contribution in [-0.2, 0) is 0 Å². The maximum atomic E-state index is 12.5. The Morgan fingerprint density at radius 1 is 1.00 bits per heavy atom. The Morgan fingerprint density at radius 2 is 1.55 bits per heavy atom. The van der Waals surface area contributed by atoms with Crippen LogP contribution in [0.5, 0.6) is 0 Å². The number of carbonyl (C=O) groups excluding carboxylic acids is 1. The Morgan fingerprint density at radius 3 is 2.09 bits per heavy atom. The van der Waals surface area contributed by atoms with Crippen molar-refractivity contribution in [2.24, 2.45) is 0 Å². The summed E-state index contributed by atoms with van der Waals surface area (Å²) in [6, 6.07) is 3.32. The molecule has 7 nitrogen and oxygen atoms in total. The largest absolute Gasteiger partial charge is 0.478 e. The molecule has 0 atom stereocenters. The first kappa shape index (κ1) is 15.9. The van der Waals surface area contributed by atoms with Crippen LogP contribution in [0.2, 0.25) is 0 Å². The normalized spacial score (nSPS) is 15.7. The summed E-state index contributed by atoms with van der Waals surface area (Å²) >= 11 is 0. The van der Waals surface area contributed by atoms with E-state index in [0.717, 1.165) is 44.2 Å². The third kappa shape index (κ3) is 3.81. The lowest BCUT2D eigenvalue weighted by Gasteiger charge is -2.24. The van der Waals surface area contributed by atoms with Crippen molar-refractivity contribution in [3.8, 4) is 0 Å². The maximum Gasteiger partial charge on any atom is 0.335 e. The number of nitro groups is 1. The van der Waals surface area contributed by atoms with E-state index in [2.05, 4.69) is 0 Å². The van der Waals surface area contributed by atoms with Gasteiger partial charge in [0.15, 0.2) is 0 Å². The van der Waals surface area contributed by atoms with E-state index in [0.29, 0.717) is 13.1 Å². The lowest BCUT2D eigenvalue weighted by molar-refractivity contribution is -0.384. The van der Waals surface area contributed by atoms with Crippen molar-refractivity contribution in [2.75, 3.05) is 13.1 Å². The predicted octanol–water partition coefficient (Wildman–Crippen LogP) is 2.70. The number of nitrogens with zero attached hydrogens (tertiary/aromatic N) is 2. The van der Waals surface area contributed by atoms with Gasteiger partial charge in [0.1, 0.15) is 0 Å². The first-order chi connectivity index (χ1) is 10.5. The number of amides is 1. The highest BCUT2D eigenvalue weighted by Crippen LogP contribution is 2.20. The molecule has 1 aliphatic heterocycles. The molecule has 1 aromatic rings. The molecule has 1 saturated heterocycles. The quantitative estimate of drug-likeness (QED) is 0.683. The molecule has 118 valence electrons. The molecule has 1 aromatic carbocycles. The van der Waals surface area contributed by atoms with Gasteiger partial charge in [0.25, 0.3) is 11.6 Å². The Labute approximate surface area is 127 Å². The molecule has 1 N–H and O–H groups in total. The van der Waals surface area contributed by atoms with Gasteiger partial charge in [-0.15, -0.1) is 0 Å². The zero-order chi connectivity index (χ0) is 16.1. The summed E-state index contributed by atoms with van der Waals surface area (Å²) in [7, 11) is 0. The Hall–Kier alpha value is -2.44. The van der Waals surface area contributed by atoms with Gasteiger partial charge < -0.3 is 10.0 Å². The third-order valence-electron chi connectivity index (χ3n) is 3.77. The molecule has 1 heterocycles. The van der Waals surface area contributed by atoms with Crippen LogP contribution in [0.25, 0.3) is 0 Å². The molecular weight excluding hydrogens is 288 g/mol. The van der Waals surface area contributed by atoms with Gasteiger partial charge in [-0.05, 0) is 18.9 Å². The Kier molecular flexibility index (Phi) is 5.08. The monoisotopic (exact) mass is 306 g/mol. The van der Waals surface area contributed by atoms with Crippen molar-refractivity contribution < 1.29 is 19.6 Å². The van der Waals surface area contributed by atoms with Crippen LogP contribution in [0.3, 0.4) is 0 Å². The standard InChI is InChI=1S/C15H18N2O5/c18-14(16-6-4-2-1-3-5-7-16)11-8-12(15(19)20)10-13(9-11)17(21)22/h8-10H,1-7H2,(H,19,20). The molecular formula is C15H18N2O5. The van der Waals surface area contributed by atoms with Gasteiger partial charge in [-0.3, -0.25) is 14.9 Å². The first-order valence-electron chi connectivity index (χ1n) is 7.31. The average Bonchev–Trinajstić information content (AvgIpc) is 2.45. The van der Waals surface area contributed by atoms with Gasteiger partial charge in [0, 0.05) is 30.8 Å². The molecule has 0 aromatic heterocycles. The summed E-state index contributed by atoms with van der Waals surface area (Å²) in [6.07, 6.45) is 5.05. The number of aromatic carboxylic acids is 1. The molecule has 0 bridgehead atoms. The molecule has 1 amide bonds. The number of carboxylic acid groups (broad SMARTS) is 1. The van der Waals surface area contributed by atoms with E-state index in [-0.39, 0.29) is 22.7 Å². The van der Waals surface area contributed by atoms with Crippen LogP contribution in [0.1, 0.15) is 52.8 Å². The fourth-order valence-corrected chi connectivity index (χ4v) is 2.60. The SMILES string of the molecule is O=C(O)c1cc(C(=O)N2CCCCCCC2)cc([N+](=O)[O-])c1. The van der Waals surface area contributed by atoms with Gasteiger partial charge in [0.2, 0.25) is 0 Å². The molecule has 0 saturated carbocycles. The fraction of sp³-hybridized carbons (Fsp3) is 0.467. The van der Waals surface area contributed by atoms with E-state index in [9.17, 15) is 19.7 Å². The number of likely N-dealkylation sites (tertiary alicyclic amines) is 1. The first-order valence-corrected chi connectivity index (χ1v) is 7.31. The summed E-state index contributed by atoms with van der Waals surface area (Å²) in [5.74, 6) is -1.63. The Balaban J connectivity index is 2.30. The molecule has 22 heavy (non-hydrogen) atoms. The highest BCUT2D eigenvalue weighted by atomic mass is 16.6. The molecule has 1 aliphatic rings. The topological polar surface area (TPSA) is 101 Å². The van der Waals surface area contributed by atoms with Crippen LogP contribution in [0.15, 0.2) is 18.2 Å². The van der Waals surface area contributed by atoms with Crippen LogP contribution in [0, 0.1) is 10.1 Å². The summed E-state index contributed by atoms with van der Waals surface area (Å²) < 4.78 is 0. The van der Waals surface area contributed by atoms with Crippen molar-refractivity contribution in [1.82, 2.24) is 4.90 Å². The van der Waals surface area contributed by atoms with Crippen LogP contribution >= 0.6 is 0 Å². The van der Waals surface area contributed by atoms with Crippen molar-refractivity contribution in [2.45, 2.75) is 32.1 Å². The summed E-state index contributed by atoms with van der Waals surface area (Å²) in [5, 5.41) is 20.0. The van der Waals surface area contributed by atoms with Crippen LogP contribution < -0.4 is 0 Å². The predicted molar refractivity (Wildman–Crippen MR) is 79.0 cm³/mol. The summed E-state index contributed by atoms with van der Waals surface area (Å²) in [4.78, 5) is 35.5. The number of benzene rings is 1. The van der Waals surface area contributed by atoms with E-state index >= 15 is 0 Å². The molecule has 7 heteroatoms. The van der Waals surface area contributed by atoms with E-state index in [1.807, 2.05) is 0 Å². The summed E-state index contributed by atoms with van der Waals surface area (Å²) in [5.41, 5.74) is -0.563. The van der Waals surface area contributed by atoms with Gasteiger partial charge in [-0.2, -0.15) is 0 Å². The highest BCUT2D eigenvalue weighted by molar-refractivity contribution is 5.98. The summed E-state index contributed by atoms with van der Waals surface area (Å²) in [6.45, 7) is 1.20. The Bertz CT molecular complexity index is 559. The van der Waals surface area contributed by atoms with Gasteiger partial charge >= 0.3 is 5.97 Å². The van der Waals surface area contributed by atoms with Gasteiger partial charge in [-0.1, -0.05) is 19.3 Å². The van der Waals surface area contributed by atoms with E-state index in [1.54, 1.807) is 4.90 Å². The fourth-order valence-electron chi connectivity index (χ4n) is 2.60. The third-order valence-corrected chi connectivity index (χ3v) is 3.77. The van der Waals surface area contributed by atoms with E-state index in [4.69, 9.17) is 5.11 Å². The minimum absolute atomic E-state index is 0.0622. The van der Waals surface area contributed by atoms with Crippen LogP contribution in [-0.4, -0.2) is 39.9 Å². The molecule has 0 spiro atoms. The number of carbonyl (C=O) groups is 2. The van der Waals surface area contributed by atoms with Crippen molar-refractivity contribution in [1.29, 1.82) is 0 Å². The average molecular weight is 306 g/mol. The number of nitro benzene ring substituents is 1. The molecule has 0 aliphatic carbocycles. The van der Waals surface area contributed by atoms with Gasteiger partial charge in [0.05, 0.1) is 10.5 Å². The highest BCUT2D eigenvalue weighted by Gasteiger charge is 2.21. The number of hydrogen-bond acceptors (Lipinski definition) is 4. The number of non-ortho nitro benzene ring substituents is 1. The minimum Gasteiger partial charge on any atom is -0.478 e. The van der Waals surface area contributed by atoms with E-state index in [1.165, 1.54) is 6.07 Å². The molecule has 0 unspecified atom stereocenters. The lowest BCUT2D eigenvalue weighted by Crippen LogP contribution is -2.34. The second-order valence-electron chi connectivity index (χ2n) is 5.39. The lowest BCUT2D eigenvalue weighted by atomic mass is 10.1.